The van der Waals surface area contributed by atoms with E-state index in [0.29, 0.717) is 5.41 Å². The highest BCUT2D eigenvalue weighted by atomic mass is 16.5. The molecule has 0 aromatic carbocycles. The third-order valence-electron chi connectivity index (χ3n) is 8.24. The minimum atomic E-state index is 0.0479. The lowest BCUT2D eigenvalue weighted by Gasteiger charge is -2.55. The van der Waals surface area contributed by atoms with E-state index in [1.807, 2.05) is 6.20 Å². The van der Waals surface area contributed by atoms with Gasteiger partial charge in [-0.2, -0.15) is 0 Å². The molecule has 1 fully saturated rings. The van der Waals surface area contributed by atoms with Crippen LogP contribution in [0.25, 0.3) is 0 Å². The molecule has 5 atom stereocenters. The maximum absolute atomic E-state index is 5.92. The zero-order valence-electron chi connectivity index (χ0n) is 14.9. The van der Waals surface area contributed by atoms with Crippen LogP contribution in [0.1, 0.15) is 63.7 Å². The van der Waals surface area contributed by atoms with Gasteiger partial charge in [-0.1, -0.05) is 29.1 Å². The van der Waals surface area contributed by atoms with Crippen LogP contribution in [0.3, 0.4) is 0 Å². The average molecular weight is 321 g/mol. The zero-order chi connectivity index (χ0) is 16.5. The molecule has 1 aromatic rings. The average Bonchev–Trinajstić information content (AvgIpc) is 3.17. The lowest BCUT2D eigenvalue weighted by molar-refractivity contribution is -0.0128. The molecule has 0 amide bonds. The molecule has 1 heterocycles. The maximum Gasteiger partial charge on any atom is 0.140 e. The molecule has 1 aromatic heterocycles. The fourth-order valence-corrected chi connectivity index (χ4v) is 6.81. The van der Waals surface area contributed by atoms with Crippen molar-refractivity contribution in [2.45, 2.75) is 65.2 Å². The van der Waals surface area contributed by atoms with E-state index in [1.54, 1.807) is 11.1 Å². The molecule has 0 spiro atoms. The minimum absolute atomic E-state index is 0.0479. The molecule has 0 radical (unpaired) electrons. The van der Waals surface area contributed by atoms with Crippen LogP contribution in [0.5, 0.6) is 0 Å². The van der Waals surface area contributed by atoms with Crippen LogP contribution in [0, 0.1) is 40.9 Å². The Balaban J connectivity index is 1.53. The lowest BCUT2D eigenvalue weighted by atomic mass is 9.49. The molecular formula is C22H27NO. The van der Waals surface area contributed by atoms with Crippen molar-refractivity contribution >= 4 is 0 Å². The Kier molecular flexibility index (Phi) is 2.95. The Morgan fingerprint density at radius 1 is 1.25 bits per heavy atom. The van der Waals surface area contributed by atoms with Crippen LogP contribution in [-0.4, -0.2) is 5.16 Å². The Labute approximate surface area is 145 Å². The summed E-state index contributed by atoms with van der Waals surface area (Å²) in [5, 5.41) is 4.07. The standard InChI is InChI=1S/C22H27NO/c1-4-21(2)10-9-17-16-6-5-15-11-20-14(13-23-24-20)12-22(15,3)19(16)8-7-18(17)21/h1,13,15-16,19H,5-12H2,2-3H3/t15-,16-,19-,21+,22-/m0/s1. The summed E-state index contributed by atoms with van der Waals surface area (Å²) in [4.78, 5) is 0. The maximum atomic E-state index is 5.92. The monoisotopic (exact) mass is 321 g/mol. The number of hydrogen-bond acceptors (Lipinski definition) is 2. The highest BCUT2D eigenvalue weighted by Gasteiger charge is 2.54. The normalized spacial score (nSPS) is 43.5. The largest absolute Gasteiger partial charge is 0.361 e. The highest BCUT2D eigenvalue weighted by molar-refractivity contribution is 5.39. The predicted molar refractivity (Wildman–Crippen MR) is 94.2 cm³/mol. The molecule has 0 N–H and O–H groups in total. The van der Waals surface area contributed by atoms with Crippen molar-refractivity contribution in [2.24, 2.45) is 28.6 Å². The van der Waals surface area contributed by atoms with Gasteiger partial charge >= 0.3 is 0 Å². The molecule has 0 aliphatic heterocycles. The minimum Gasteiger partial charge on any atom is -0.361 e. The van der Waals surface area contributed by atoms with Crippen LogP contribution < -0.4 is 0 Å². The third-order valence-corrected chi connectivity index (χ3v) is 8.24. The predicted octanol–water partition coefficient (Wildman–Crippen LogP) is 4.95. The second kappa shape index (κ2) is 4.78. The second-order valence-electron chi connectivity index (χ2n) is 9.17. The first kappa shape index (κ1) is 14.8. The van der Waals surface area contributed by atoms with Crippen LogP contribution in [-0.2, 0) is 12.8 Å². The van der Waals surface area contributed by atoms with Gasteiger partial charge in [0.2, 0.25) is 0 Å². The Morgan fingerprint density at radius 2 is 2.12 bits per heavy atom. The van der Waals surface area contributed by atoms with E-state index < -0.39 is 0 Å². The van der Waals surface area contributed by atoms with Crippen LogP contribution >= 0.6 is 0 Å². The van der Waals surface area contributed by atoms with Crippen molar-refractivity contribution in [3.8, 4) is 12.3 Å². The molecule has 126 valence electrons. The van der Waals surface area contributed by atoms with Gasteiger partial charge in [0, 0.05) is 17.4 Å². The Morgan fingerprint density at radius 3 is 2.96 bits per heavy atom. The van der Waals surface area contributed by atoms with E-state index in [4.69, 9.17) is 10.9 Å². The van der Waals surface area contributed by atoms with Crippen LogP contribution in [0.15, 0.2) is 21.9 Å². The number of rotatable bonds is 0. The smallest absolute Gasteiger partial charge is 0.140 e. The fraction of sp³-hybridized carbons (Fsp3) is 0.682. The molecule has 4 aliphatic rings. The summed E-state index contributed by atoms with van der Waals surface area (Å²) in [6, 6.07) is 0. The Bertz CT molecular complexity index is 765. The topological polar surface area (TPSA) is 26.0 Å². The van der Waals surface area contributed by atoms with E-state index in [9.17, 15) is 0 Å². The highest BCUT2D eigenvalue weighted by Crippen LogP contribution is 2.62. The summed E-state index contributed by atoms with van der Waals surface area (Å²) < 4.78 is 5.52. The second-order valence-corrected chi connectivity index (χ2v) is 9.17. The number of aromatic nitrogens is 1. The summed E-state index contributed by atoms with van der Waals surface area (Å²) in [6.07, 6.45) is 17.8. The molecule has 2 nitrogen and oxygen atoms in total. The van der Waals surface area contributed by atoms with E-state index in [-0.39, 0.29) is 5.41 Å². The summed E-state index contributed by atoms with van der Waals surface area (Å²) in [5.74, 6) is 6.66. The van der Waals surface area contributed by atoms with E-state index >= 15 is 0 Å². The van der Waals surface area contributed by atoms with Crippen molar-refractivity contribution in [3.63, 3.8) is 0 Å². The summed E-state index contributed by atoms with van der Waals surface area (Å²) >= 11 is 0. The van der Waals surface area contributed by atoms with Crippen molar-refractivity contribution in [2.75, 3.05) is 0 Å². The molecular weight excluding hydrogens is 294 g/mol. The zero-order valence-corrected chi connectivity index (χ0v) is 14.9. The van der Waals surface area contributed by atoms with Crippen molar-refractivity contribution in [1.29, 1.82) is 0 Å². The van der Waals surface area contributed by atoms with Gasteiger partial charge in [0.15, 0.2) is 0 Å². The molecule has 0 saturated heterocycles. The first-order valence-corrected chi connectivity index (χ1v) is 9.68. The van der Waals surface area contributed by atoms with Gasteiger partial charge in [0.1, 0.15) is 5.76 Å². The quantitative estimate of drug-likeness (QED) is 0.499. The van der Waals surface area contributed by atoms with Gasteiger partial charge in [-0.05, 0) is 75.0 Å². The molecule has 5 rings (SSSR count). The summed E-state index contributed by atoms with van der Waals surface area (Å²) in [7, 11) is 0. The number of fused-ring (bicyclic) bond motifs is 5. The van der Waals surface area contributed by atoms with Gasteiger partial charge in [-0.3, -0.25) is 0 Å². The van der Waals surface area contributed by atoms with E-state index in [2.05, 4.69) is 24.9 Å². The summed E-state index contributed by atoms with van der Waals surface area (Å²) in [5.41, 5.74) is 5.24. The van der Waals surface area contributed by atoms with E-state index in [1.165, 1.54) is 44.1 Å². The Hall–Kier alpha value is -1.49. The van der Waals surface area contributed by atoms with Crippen molar-refractivity contribution < 1.29 is 4.52 Å². The van der Waals surface area contributed by atoms with Gasteiger partial charge < -0.3 is 4.52 Å². The molecule has 0 bridgehead atoms. The first-order valence-electron chi connectivity index (χ1n) is 9.68. The first-order chi connectivity index (χ1) is 11.5. The number of terminal acetylenes is 1. The SMILES string of the molecule is C#C[C@]1(C)CCC2=C1CC[C@H]1[C@H]2CC[C@H]2Cc3oncc3C[C@@]21C. The number of hydrogen-bond donors (Lipinski definition) is 0. The molecule has 2 heteroatoms. The van der Waals surface area contributed by atoms with Gasteiger partial charge in [0.05, 0.1) is 6.20 Å². The molecule has 4 aliphatic carbocycles. The lowest BCUT2D eigenvalue weighted by Crippen LogP contribution is -2.49. The summed E-state index contributed by atoms with van der Waals surface area (Å²) in [6.45, 7) is 4.86. The van der Waals surface area contributed by atoms with Crippen LogP contribution in [0.4, 0.5) is 0 Å². The fourth-order valence-electron chi connectivity index (χ4n) is 6.81. The number of nitrogens with zero attached hydrogens (tertiary/aromatic N) is 1. The van der Waals surface area contributed by atoms with Gasteiger partial charge in [0.25, 0.3) is 0 Å². The molecule has 24 heavy (non-hydrogen) atoms. The van der Waals surface area contributed by atoms with Gasteiger partial charge in [-0.25, -0.2) is 0 Å². The third kappa shape index (κ3) is 1.76. The van der Waals surface area contributed by atoms with Crippen molar-refractivity contribution in [3.05, 3.63) is 28.7 Å². The molecule has 0 unspecified atom stereocenters. The van der Waals surface area contributed by atoms with E-state index in [0.717, 1.165) is 36.4 Å². The van der Waals surface area contributed by atoms with Crippen LogP contribution in [0.2, 0.25) is 0 Å². The van der Waals surface area contributed by atoms with Crippen molar-refractivity contribution in [1.82, 2.24) is 5.16 Å². The van der Waals surface area contributed by atoms with Gasteiger partial charge in [-0.15, -0.1) is 6.42 Å². The number of allylic oxidation sites excluding steroid dienone is 2. The molecule has 1 saturated carbocycles.